The molecule has 0 radical (unpaired) electrons. The average Bonchev–Trinajstić information content (AvgIpc) is 2.84. The van der Waals surface area contributed by atoms with Crippen molar-refractivity contribution in [1.82, 2.24) is 15.0 Å². The largest absolute Gasteiger partial charge is 0.394 e. The molecule has 8 nitrogen and oxygen atoms in total. The highest BCUT2D eigenvalue weighted by atomic mass is 35.5. The molecule has 0 fully saturated rings. The zero-order valence-corrected chi connectivity index (χ0v) is 11.1. The molecule has 1 aromatic carbocycles. The summed E-state index contributed by atoms with van der Waals surface area (Å²) < 4.78 is 1.49. The van der Waals surface area contributed by atoms with Crippen LogP contribution in [0.3, 0.4) is 0 Å². The van der Waals surface area contributed by atoms with Gasteiger partial charge in [0.15, 0.2) is 0 Å². The van der Waals surface area contributed by atoms with Crippen molar-refractivity contribution in [3.05, 3.63) is 45.2 Å². The van der Waals surface area contributed by atoms with Crippen molar-refractivity contribution in [2.24, 2.45) is 0 Å². The summed E-state index contributed by atoms with van der Waals surface area (Å²) in [7, 11) is 0. The molecule has 0 bridgehead atoms. The van der Waals surface area contributed by atoms with Crippen LogP contribution in [0.25, 0.3) is 0 Å². The van der Waals surface area contributed by atoms with Gasteiger partial charge in [-0.2, -0.15) is 0 Å². The second-order valence-corrected chi connectivity index (χ2v) is 4.41. The second-order valence-electron chi connectivity index (χ2n) is 3.97. The summed E-state index contributed by atoms with van der Waals surface area (Å²) in [4.78, 5) is 10.4. The molecule has 9 heteroatoms. The number of rotatable bonds is 6. The van der Waals surface area contributed by atoms with Crippen LogP contribution in [0.2, 0.25) is 5.02 Å². The van der Waals surface area contributed by atoms with Crippen LogP contribution >= 0.6 is 11.6 Å². The van der Waals surface area contributed by atoms with Crippen molar-refractivity contribution in [2.45, 2.75) is 13.1 Å². The molecule has 106 valence electrons. The van der Waals surface area contributed by atoms with E-state index in [9.17, 15) is 10.1 Å². The molecule has 0 saturated carbocycles. The van der Waals surface area contributed by atoms with Gasteiger partial charge in [-0.05, 0) is 12.1 Å². The normalized spacial score (nSPS) is 10.5. The quantitative estimate of drug-likeness (QED) is 0.617. The van der Waals surface area contributed by atoms with Gasteiger partial charge in [-0.15, -0.1) is 5.10 Å². The van der Waals surface area contributed by atoms with Crippen LogP contribution in [-0.4, -0.2) is 31.6 Å². The van der Waals surface area contributed by atoms with Gasteiger partial charge >= 0.3 is 0 Å². The monoisotopic (exact) mass is 297 g/mol. The molecule has 2 N–H and O–H groups in total. The van der Waals surface area contributed by atoms with Crippen LogP contribution in [-0.2, 0) is 13.1 Å². The van der Waals surface area contributed by atoms with E-state index in [-0.39, 0.29) is 18.8 Å². The fraction of sp³-hybridized carbons (Fsp3) is 0.273. The first kappa shape index (κ1) is 14.2. The predicted molar refractivity (Wildman–Crippen MR) is 72.5 cm³/mol. The molecule has 1 aromatic heterocycles. The summed E-state index contributed by atoms with van der Waals surface area (Å²) >= 11 is 5.83. The van der Waals surface area contributed by atoms with Crippen LogP contribution < -0.4 is 5.32 Å². The number of nitrogens with one attached hydrogen (secondary N) is 1. The summed E-state index contributed by atoms with van der Waals surface area (Å²) in [5.41, 5.74) is 0.865. The molecule has 1 heterocycles. The van der Waals surface area contributed by atoms with Crippen LogP contribution in [0, 0.1) is 10.1 Å². The number of aliphatic hydroxyl groups excluding tert-OH is 1. The number of anilines is 1. The standard InChI is InChI=1S/C11H12ClN5O3/c12-8-1-2-11(17(19)20)10(5-8)13-6-9-7-16(3-4-18)15-14-9/h1-2,5,7,13,18H,3-4,6H2. The Morgan fingerprint density at radius 2 is 2.30 bits per heavy atom. The first-order chi connectivity index (χ1) is 9.60. The van der Waals surface area contributed by atoms with Gasteiger partial charge in [-0.1, -0.05) is 16.8 Å². The lowest BCUT2D eigenvalue weighted by molar-refractivity contribution is -0.384. The van der Waals surface area contributed by atoms with Gasteiger partial charge in [0.25, 0.3) is 5.69 Å². The lowest BCUT2D eigenvalue weighted by atomic mass is 10.2. The molecule has 2 aromatic rings. The fourth-order valence-corrected chi connectivity index (χ4v) is 1.80. The molecule has 0 aliphatic carbocycles. The summed E-state index contributed by atoms with van der Waals surface area (Å²) in [5, 5.41) is 30.7. The molecule has 0 aliphatic heterocycles. The Hall–Kier alpha value is -2.19. The first-order valence-corrected chi connectivity index (χ1v) is 6.15. The van der Waals surface area contributed by atoms with Crippen molar-refractivity contribution in [3.63, 3.8) is 0 Å². The van der Waals surface area contributed by atoms with E-state index in [4.69, 9.17) is 16.7 Å². The maximum Gasteiger partial charge on any atom is 0.292 e. The molecule has 0 amide bonds. The van der Waals surface area contributed by atoms with Crippen LogP contribution in [0.1, 0.15) is 5.69 Å². The van der Waals surface area contributed by atoms with E-state index in [0.29, 0.717) is 22.9 Å². The van der Waals surface area contributed by atoms with E-state index in [2.05, 4.69) is 15.6 Å². The van der Waals surface area contributed by atoms with Crippen molar-refractivity contribution in [2.75, 3.05) is 11.9 Å². The Balaban J connectivity index is 2.09. The van der Waals surface area contributed by atoms with E-state index in [1.165, 1.54) is 22.9 Å². The Bertz CT molecular complexity index is 616. The highest BCUT2D eigenvalue weighted by Gasteiger charge is 2.14. The van der Waals surface area contributed by atoms with E-state index in [0.717, 1.165) is 0 Å². The van der Waals surface area contributed by atoms with Gasteiger partial charge in [0.2, 0.25) is 0 Å². The molecule has 0 saturated heterocycles. The topological polar surface area (TPSA) is 106 Å². The lowest BCUT2D eigenvalue weighted by Gasteiger charge is -2.05. The molecular weight excluding hydrogens is 286 g/mol. The lowest BCUT2D eigenvalue weighted by Crippen LogP contribution is -2.03. The van der Waals surface area contributed by atoms with Gasteiger partial charge in [0, 0.05) is 11.1 Å². The van der Waals surface area contributed by atoms with Gasteiger partial charge in [0.1, 0.15) is 11.4 Å². The Morgan fingerprint density at radius 1 is 1.50 bits per heavy atom. The predicted octanol–water partition coefficient (Wildman–Crippen LogP) is 1.44. The van der Waals surface area contributed by atoms with E-state index < -0.39 is 4.92 Å². The number of nitro groups is 1. The fourth-order valence-electron chi connectivity index (χ4n) is 1.63. The third-order valence-electron chi connectivity index (χ3n) is 2.53. The number of nitro benzene ring substituents is 1. The van der Waals surface area contributed by atoms with Crippen LogP contribution in [0.15, 0.2) is 24.4 Å². The number of nitrogens with zero attached hydrogens (tertiary/aromatic N) is 4. The number of hydrogen-bond acceptors (Lipinski definition) is 6. The Labute approximate surface area is 119 Å². The van der Waals surface area contributed by atoms with E-state index in [1.807, 2.05) is 0 Å². The number of aliphatic hydroxyl groups is 1. The van der Waals surface area contributed by atoms with Gasteiger partial charge < -0.3 is 10.4 Å². The Kier molecular flexibility index (Phi) is 4.49. The summed E-state index contributed by atoms with van der Waals surface area (Å²) in [6.45, 7) is 0.590. The molecule has 0 atom stereocenters. The number of halogens is 1. The third-order valence-corrected chi connectivity index (χ3v) is 2.77. The number of benzene rings is 1. The summed E-state index contributed by atoms with van der Waals surface area (Å²) in [5.74, 6) is 0. The summed E-state index contributed by atoms with van der Waals surface area (Å²) in [6, 6.07) is 4.29. The van der Waals surface area contributed by atoms with Crippen molar-refractivity contribution >= 4 is 23.0 Å². The van der Waals surface area contributed by atoms with Crippen LogP contribution in [0.5, 0.6) is 0 Å². The van der Waals surface area contributed by atoms with E-state index in [1.54, 1.807) is 6.20 Å². The molecule has 0 aliphatic rings. The zero-order chi connectivity index (χ0) is 14.5. The maximum atomic E-state index is 10.9. The SMILES string of the molecule is O=[N+]([O-])c1ccc(Cl)cc1NCc1cn(CCO)nn1. The maximum absolute atomic E-state index is 10.9. The van der Waals surface area contributed by atoms with Crippen LogP contribution in [0.4, 0.5) is 11.4 Å². The minimum absolute atomic E-state index is 0.0318. The molecule has 20 heavy (non-hydrogen) atoms. The molecular formula is C11H12ClN5O3. The molecule has 2 rings (SSSR count). The average molecular weight is 298 g/mol. The smallest absolute Gasteiger partial charge is 0.292 e. The van der Waals surface area contributed by atoms with Gasteiger partial charge in [0.05, 0.1) is 30.8 Å². The first-order valence-electron chi connectivity index (χ1n) is 5.78. The zero-order valence-electron chi connectivity index (χ0n) is 10.4. The van der Waals surface area contributed by atoms with E-state index >= 15 is 0 Å². The van der Waals surface area contributed by atoms with Gasteiger partial charge in [-0.25, -0.2) is 4.68 Å². The highest BCUT2D eigenvalue weighted by molar-refractivity contribution is 6.31. The van der Waals surface area contributed by atoms with Crippen molar-refractivity contribution in [3.8, 4) is 0 Å². The number of aromatic nitrogens is 3. The molecule has 0 spiro atoms. The molecule has 0 unspecified atom stereocenters. The third kappa shape index (κ3) is 3.43. The van der Waals surface area contributed by atoms with Gasteiger partial charge in [-0.3, -0.25) is 10.1 Å². The highest BCUT2D eigenvalue weighted by Crippen LogP contribution is 2.27. The van der Waals surface area contributed by atoms with Crippen molar-refractivity contribution < 1.29 is 10.0 Å². The Morgan fingerprint density at radius 3 is 3.00 bits per heavy atom. The minimum Gasteiger partial charge on any atom is -0.394 e. The second kappa shape index (κ2) is 6.31. The van der Waals surface area contributed by atoms with Crippen molar-refractivity contribution in [1.29, 1.82) is 0 Å². The number of hydrogen-bond donors (Lipinski definition) is 2. The summed E-state index contributed by atoms with van der Waals surface area (Å²) in [6.07, 6.45) is 1.65. The minimum atomic E-state index is -0.485.